The van der Waals surface area contributed by atoms with Crippen LogP contribution in [0.1, 0.15) is 29.0 Å². The second-order valence-electron chi connectivity index (χ2n) is 7.22. The Labute approximate surface area is 142 Å². The standard InChI is InChI=1S/C18H25N5O/c1-21-8-2-3-17(21)18(24)19-9-15-11-22(10-14-4-5-14)13-16-6-7-20-23(16)12-15/h2-3,6-8,14-15H,4-5,9-13H2,1H3,(H,19,24)/t15-/m0/s1. The number of amides is 1. The Bertz CT molecular complexity index is 715. The van der Waals surface area contributed by atoms with Gasteiger partial charge in [0.05, 0.1) is 5.69 Å². The molecule has 0 spiro atoms. The van der Waals surface area contributed by atoms with Crippen LogP contribution < -0.4 is 5.32 Å². The predicted molar refractivity (Wildman–Crippen MR) is 91.5 cm³/mol. The SMILES string of the molecule is Cn1cccc1C(=O)NC[C@H]1CN(CC2CC2)Cc2ccnn2C1. The van der Waals surface area contributed by atoms with E-state index in [0.29, 0.717) is 18.2 Å². The van der Waals surface area contributed by atoms with Crippen LogP contribution in [0.15, 0.2) is 30.6 Å². The first-order valence-corrected chi connectivity index (χ1v) is 8.81. The van der Waals surface area contributed by atoms with Gasteiger partial charge in [-0.25, -0.2) is 0 Å². The molecular weight excluding hydrogens is 302 g/mol. The molecule has 0 radical (unpaired) electrons. The lowest BCUT2D eigenvalue weighted by molar-refractivity contribution is 0.0932. The van der Waals surface area contributed by atoms with E-state index in [9.17, 15) is 4.79 Å². The lowest BCUT2D eigenvalue weighted by Crippen LogP contribution is -2.37. The second kappa shape index (κ2) is 6.43. The lowest BCUT2D eigenvalue weighted by atomic mass is 10.1. The Morgan fingerprint density at radius 3 is 2.92 bits per heavy atom. The summed E-state index contributed by atoms with van der Waals surface area (Å²) < 4.78 is 3.96. The molecule has 1 aliphatic carbocycles. The van der Waals surface area contributed by atoms with Crippen molar-refractivity contribution in [2.24, 2.45) is 18.9 Å². The molecule has 2 aromatic rings. The van der Waals surface area contributed by atoms with Gasteiger partial charge < -0.3 is 9.88 Å². The van der Waals surface area contributed by atoms with E-state index in [1.807, 2.05) is 36.1 Å². The van der Waals surface area contributed by atoms with Crippen LogP contribution in [0, 0.1) is 11.8 Å². The maximum atomic E-state index is 12.4. The van der Waals surface area contributed by atoms with Crippen LogP contribution >= 0.6 is 0 Å². The molecule has 1 fully saturated rings. The molecule has 6 nitrogen and oxygen atoms in total. The number of nitrogens with one attached hydrogen (secondary N) is 1. The summed E-state index contributed by atoms with van der Waals surface area (Å²) in [4.78, 5) is 14.9. The number of nitrogens with zero attached hydrogens (tertiary/aromatic N) is 4. The molecule has 6 heteroatoms. The molecule has 0 bridgehead atoms. The number of carbonyl (C=O) groups is 1. The summed E-state index contributed by atoms with van der Waals surface area (Å²) in [6.07, 6.45) is 6.51. The van der Waals surface area contributed by atoms with Crippen molar-refractivity contribution in [3.8, 4) is 0 Å². The Kier molecular flexibility index (Phi) is 4.14. The molecule has 24 heavy (non-hydrogen) atoms. The minimum Gasteiger partial charge on any atom is -0.350 e. The van der Waals surface area contributed by atoms with Crippen molar-refractivity contribution in [3.63, 3.8) is 0 Å². The van der Waals surface area contributed by atoms with Crippen molar-refractivity contribution in [1.29, 1.82) is 0 Å². The number of rotatable bonds is 5. The van der Waals surface area contributed by atoms with Crippen molar-refractivity contribution < 1.29 is 4.79 Å². The molecule has 0 saturated heterocycles. The molecule has 1 aliphatic heterocycles. The number of aromatic nitrogens is 3. The Morgan fingerprint density at radius 1 is 1.29 bits per heavy atom. The molecule has 3 heterocycles. The van der Waals surface area contributed by atoms with Crippen molar-refractivity contribution in [2.45, 2.75) is 25.9 Å². The van der Waals surface area contributed by atoms with Gasteiger partial charge in [0.25, 0.3) is 5.91 Å². The highest BCUT2D eigenvalue weighted by molar-refractivity contribution is 5.92. The first-order chi connectivity index (χ1) is 11.7. The van der Waals surface area contributed by atoms with Gasteiger partial charge in [-0.3, -0.25) is 14.4 Å². The fourth-order valence-corrected chi connectivity index (χ4v) is 3.58. The molecule has 0 aromatic carbocycles. The first kappa shape index (κ1) is 15.4. The normalized spacial score (nSPS) is 21.3. The molecular formula is C18H25N5O. The Balaban J connectivity index is 1.41. The highest BCUT2D eigenvalue weighted by atomic mass is 16.1. The van der Waals surface area contributed by atoms with Gasteiger partial charge in [0.2, 0.25) is 0 Å². The van der Waals surface area contributed by atoms with Crippen molar-refractivity contribution in [1.82, 2.24) is 24.6 Å². The smallest absolute Gasteiger partial charge is 0.267 e. The molecule has 128 valence electrons. The minimum atomic E-state index is 0.00109. The molecule has 2 aromatic heterocycles. The van der Waals surface area contributed by atoms with Gasteiger partial charge >= 0.3 is 0 Å². The number of hydrogen-bond donors (Lipinski definition) is 1. The molecule has 1 amide bonds. The summed E-state index contributed by atoms with van der Waals surface area (Å²) in [6.45, 7) is 4.72. The van der Waals surface area contributed by atoms with E-state index in [2.05, 4.69) is 26.1 Å². The zero-order valence-electron chi connectivity index (χ0n) is 14.2. The number of fused-ring (bicyclic) bond motifs is 1. The van der Waals surface area contributed by atoms with Crippen molar-refractivity contribution in [2.75, 3.05) is 19.6 Å². The van der Waals surface area contributed by atoms with Gasteiger partial charge in [-0.1, -0.05) is 0 Å². The van der Waals surface area contributed by atoms with Gasteiger partial charge in [0, 0.05) is 58.1 Å². The van der Waals surface area contributed by atoms with E-state index in [0.717, 1.165) is 25.6 Å². The van der Waals surface area contributed by atoms with Crippen LogP contribution in [0.3, 0.4) is 0 Å². The fourth-order valence-electron chi connectivity index (χ4n) is 3.58. The maximum Gasteiger partial charge on any atom is 0.267 e. The van der Waals surface area contributed by atoms with Crippen LogP contribution in [0.5, 0.6) is 0 Å². The average Bonchev–Trinajstić information content (AvgIpc) is 3.16. The third kappa shape index (κ3) is 3.38. The number of aryl methyl sites for hydroxylation is 1. The average molecular weight is 327 g/mol. The highest BCUT2D eigenvalue weighted by Crippen LogP contribution is 2.31. The minimum absolute atomic E-state index is 0.00109. The summed E-state index contributed by atoms with van der Waals surface area (Å²) in [5.74, 6) is 1.26. The van der Waals surface area contributed by atoms with Gasteiger partial charge in [0.15, 0.2) is 0 Å². The van der Waals surface area contributed by atoms with Crippen LogP contribution in [0.25, 0.3) is 0 Å². The van der Waals surface area contributed by atoms with Crippen molar-refractivity contribution >= 4 is 5.91 Å². The number of hydrogen-bond acceptors (Lipinski definition) is 3. The van der Waals surface area contributed by atoms with Crippen molar-refractivity contribution in [3.05, 3.63) is 42.0 Å². The second-order valence-corrected chi connectivity index (χ2v) is 7.22. The van der Waals surface area contributed by atoms with E-state index in [4.69, 9.17) is 0 Å². The summed E-state index contributed by atoms with van der Waals surface area (Å²) in [5.41, 5.74) is 1.99. The van der Waals surface area contributed by atoms with Crippen LogP contribution in [0.4, 0.5) is 0 Å². The van der Waals surface area contributed by atoms with Gasteiger partial charge in [-0.15, -0.1) is 0 Å². The summed E-state index contributed by atoms with van der Waals surface area (Å²) in [5, 5.41) is 7.57. The summed E-state index contributed by atoms with van der Waals surface area (Å²) in [7, 11) is 1.90. The molecule has 1 N–H and O–H groups in total. The molecule has 0 unspecified atom stereocenters. The zero-order valence-corrected chi connectivity index (χ0v) is 14.2. The lowest BCUT2D eigenvalue weighted by Gasteiger charge is -2.24. The van der Waals surface area contributed by atoms with E-state index in [1.54, 1.807) is 0 Å². The summed E-state index contributed by atoms with van der Waals surface area (Å²) >= 11 is 0. The molecule has 4 rings (SSSR count). The van der Waals surface area contributed by atoms with Gasteiger partial charge in [0.1, 0.15) is 5.69 Å². The molecule has 1 atom stereocenters. The number of carbonyl (C=O) groups excluding carboxylic acids is 1. The maximum absolute atomic E-state index is 12.4. The van der Waals surface area contributed by atoms with E-state index in [1.165, 1.54) is 25.1 Å². The Morgan fingerprint density at radius 2 is 2.17 bits per heavy atom. The summed E-state index contributed by atoms with van der Waals surface area (Å²) in [6, 6.07) is 5.87. The topological polar surface area (TPSA) is 55.1 Å². The van der Waals surface area contributed by atoms with E-state index >= 15 is 0 Å². The fraction of sp³-hybridized carbons (Fsp3) is 0.556. The van der Waals surface area contributed by atoms with Gasteiger partial charge in [-0.2, -0.15) is 5.10 Å². The molecule has 2 aliphatic rings. The van der Waals surface area contributed by atoms with E-state index < -0.39 is 0 Å². The van der Waals surface area contributed by atoms with Crippen LogP contribution in [0.2, 0.25) is 0 Å². The Hall–Kier alpha value is -2.08. The quantitative estimate of drug-likeness (QED) is 0.905. The molecule has 1 saturated carbocycles. The van der Waals surface area contributed by atoms with E-state index in [-0.39, 0.29) is 5.91 Å². The zero-order chi connectivity index (χ0) is 16.5. The highest BCUT2D eigenvalue weighted by Gasteiger charge is 2.28. The third-order valence-corrected chi connectivity index (χ3v) is 5.08. The first-order valence-electron chi connectivity index (χ1n) is 8.81. The predicted octanol–water partition coefficient (Wildman–Crippen LogP) is 1.49. The third-order valence-electron chi connectivity index (χ3n) is 5.08. The van der Waals surface area contributed by atoms with Crippen LogP contribution in [-0.4, -0.2) is 44.8 Å². The van der Waals surface area contributed by atoms with Gasteiger partial charge in [-0.05, 0) is 37.0 Å². The monoisotopic (exact) mass is 327 g/mol. The largest absolute Gasteiger partial charge is 0.350 e. The van der Waals surface area contributed by atoms with Crippen LogP contribution in [-0.2, 0) is 20.1 Å².